The van der Waals surface area contributed by atoms with E-state index < -0.39 is 0 Å². The molecular formula is C21H27IN6O2. The number of aryl methyl sites for hydroxylation is 1. The highest BCUT2D eigenvalue weighted by Gasteiger charge is 2.04. The number of aromatic nitrogens is 3. The van der Waals surface area contributed by atoms with Crippen molar-refractivity contribution in [3.8, 4) is 17.4 Å². The molecule has 2 N–H and O–H groups in total. The molecule has 0 atom stereocenters. The topological polar surface area (TPSA) is 85.6 Å². The Bertz CT molecular complexity index is 943. The van der Waals surface area contributed by atoms with Crippen LogP contribution in [0.2, 0.25) is 0 Å². The highest BCUT2D eigenvalue weighted by atomic mass is 127. The van der Waals surface area contributed by atoms with Crippen molar-refractivity contribution in [1.29, 1.82) is 0 Å². The van der Waals surface area contributed by atoms with Gasteiger partial charge in [0.05, 0.1) is 18.8 Å². The van der Waals surface area contributed by atoms with Crippen LogP contribution in [0.15, 0.2) is 59.9 Å². The number of halogens is 1. The summed E-state index contributed by atoms with van der Waals surface area (Å²) in [5.74, 6) is 2.76. The fourth-order valence-corrected chi connectivity index (χ4v) is 2.66. The average molecular weight is 522 g/mol. The van der Waals surface area contributed by atoms with Crippen LogP contribution in [0.3, 0.4) is 0 Å². The first-order valence-electron chi connectivity index (χ1n) is 9.45. The Morgan fingerprint density at radius 2 is 1.77 bits per heavy atom. The molecule has 160 valence electrons. The summed E-state index contributed by atoms with van der Waals surface area (Å²) in [7, 11) is 3.65. The maximum atomic E-state index is 5.84. The van der Waals surface area contributed by atoms with E-state index in [0.717, 1.165) is 17.0 Å². The van der Waals surface area contributed by atoms with E-state index in [1.165, 1.54) is 0 Å². The van der Waals surface area contributed by atoms with Gasteiger partial charge < -0.3 is 20.1 Å². The van der Waals surface area contributed by atoms with E-state index in [4.69, 9.17) is 9.47 Å². The summed E-state index contributed by atoms with van der Waals surface area (Å²) in [6, 6.07) is 13.3. The summed E-state index contributed by atoms with van der Waals surface area (Å²) in [5.41, 5.74) is 2.10. The number of benzene rings is 1. The van der Waals surface area contributed by atoms with Crippen LogP contribution >= 0.6 is 24.0 Å². The minimum Gasteiger partial charge on any atom is -0.494 e. The van der Waals surface area contributed by atoms with E-state index in [2.05, 4.69) is 25.7 Å². The maximum absolute atomic E-state index is 5.84. The molecule has 30 heavy (non-hydrogen) atoms. The van der Waals surface area contributed by atoms with E-state index in [1.54, 1.807) is 19.4 Å². The smallest absolute Gasteiger partial charge is 0.219 e. The Labute approximate surface area is 193 Å². The quantitative estimate of drug-likeness (QED) is 0.268. The lowest BCUT2D eigenvalue weighted by molar-refractivity contribution is 0.339. The van der Waals surface area contributed by atoms with Gasteiger partial charge in [0.1, 0.15) is 11.5 Å². The van der Waals surface area contributed by atoms with Gasteiger partial charge in [-0.15, -0.1) is 24.0 Å². The molecule has 2 heterocycles. The number of hydrogen-bond acceptors (Lipinski definition) is 5. The molecule has 0 radical (unpaired) electrons. The molecule has 9 heteroatoms. The zero-order valence-corrected chi connectivity index (χ0v) is 19.7. The average Bonchev–Trinajstić information content (AvgIpc) is 3.15. The fourth-order valence-electron chi connectivity index (χ4n) is 2.66. The van der Waals surface area contributed by atoms with E-state index in [9.17, 15) is 0 Å². The summed E-state index contributed by atoms with van der Waals surface area (Å²) < 4.78 is 13.1. The number of nitrogens with zero attached hydrogens (tertiary/aromatic N) is 4. The molecule has 0 aliphatic carbocycles. The van der Waals surface area contributed by atoms with Crippen LogP contribution in [0.4, 0.5) is 0 Å². The third-order valence-corrected chi connectivity index (χ3v) is 4.20. The lowest BCUT2D eigenvalue weighted by atomic mass is 10.2. The monoisotopic (exact) mass is 522 g/mol. The van der Waals surface area contributed by atoms with Crippen LogP contribution in [0.5, 0.6) is 17.4 Å². The summed E-state index contributed by atoms with van der Waals surface area (Å²) in [5, 5.41) is 10.7. The molecular weight excluding hydrogens is 495 g/mol. The second-order valence-electron chi connectivity index (χ2n) is 6.23. The molecule has 3 rings (SSSR count). The number of aliphatic imine (C=N–C) groups is 1. The molecule has 0 aliphatic heterocycles. The van der Waals surface area contributed by atoms with E-state index in [-0.39, 0.29) is 24.0 Å². The Hall–Kier alpha value is -2.82. The third kappa shape index (κ3) is 6.90. The second-order valence-corrected chi connectivity index (χ2v) is 6.23. The summed E-state index contributed by atoms with van der Waals surface area (Å²) in [4.78, 5) is 8.54. The second kappa shape index (κ2) is 12.0. The normalized spacial score (nSPS) is 10.8. The molecule has 0 unspecified atom stereocenters. The highest BCUT2D eigenvalue weighted by Crippen LogP contribution is 2.23. The maximum Gasteiger partial charge on any atom is 0.219 e. The number of guanidine groups is 1. The van der Waals surface area contributed by atoms with Crippen molar-refractivity contribution in [2.24, 2.45) is 12.0 Å². The SMILES string of the molecule is CCOc1ccc(Oc2cc(CNC(=NC)NCc3ccnn3C)ccn2)cc1.I. The van der Waals surface area contributed by atoms with Crippen molar-refractivity contribution in [1.82, 2.24) is 25.4 Å². The van der Waals surface area contributed by atoms with Crippen molar-refractivity contribution in [3.63, 3.8) is 0 Å². The lowest BCUT2D eigenvalue weighted by Crippen LogP contribution is -2.36. The van der Waals surface area contributed by atoms with Crippen molar-refractivity contribution in [2.75, 3.05) is 13.7 Å². The van der Waals surface area contributed by atoms with Crippen LogP contribution in [0.1, 0.15) is 18.2 Å². The molecule has 0 aliphatic rings. The van der Waals surface area contributed by atoms with Crippen molar-refractivity contribution < 1.29 is 9.47 Å². The fraction of sp³-hybridized carbons (Fsp3) is 0.286. The van der Waals surface area contributed by atoms with Crippen molar-refractivity contribution in [3.05, 3.63) is 66.1 Å². The number of rotatable bonds is 8. The van der Waals surface area contributed by atoms with Gasteiger partial charge in [-0.1, -0.05) is 0 Å². The van der Waals surface area contributed by atoms with Gasteiger partial charge >= 0.3 is 0 Å². The van der Waals surface area contributed by atoms with Gasteiger partial charge in [0.15, 0.2) is 5.96 Å². The number of ether oxygens (including phenoxy) is 2. The van der Waals surface area contributed by atoms with Crippen LogP contribution in [-0.4, -0.2) is 34.4 Å². The predicted molar refractivity (Wildman–Crippen MR) is 128 cm³/mol. The number of pyridine rings is 1. The first kappa shape index (κ1) is 23.5. The van der Waals surface area contributed by atoms with Gasteiger partial charge in [0.2, 0.25) is 5.88 Å². The predicted octanol–water partition coefficient (Wildman–Crippen LogP) is 3.49. The Kier molecular flexibility index (Phi) is 9.39. The van der Waals surface area contributed by atoms with Crippen LogP contribution in [-0.2, 0) is 20.1 Å². The van der Waals surface area contributed by atoms with E-state index in [0.29, 0.717) is 37.3 Å². The molecule has 0 amide bonds. The van der Waals surface area contributed by atoms with Gasteiger partial charge in [-0.3, -0.25) is 9.67 Å². The van der Waals surface area contributed by atoms with E-state index in [1.807, 2.05) is 61.1 Å². The minimum atomic E-state index is 0. The Balaban J connectivity index is 0.00000320. The van der Waals surface area contributed by atoms with Crippen LogP contribution < -0.4 is 20.1 Å². The molecule has 3 aromatic rings. The summed E-state index contributed by atoms with van der Waals surface area (Å²) in [6.45, 7) is 3.82. The first-order chi connectivity index (χ1) is 14.2. The van der Waals surface area contributed by atoms with E-state index >= 15 is 0 Å². The van der Waals surface area contributed by atoms with Crippen molar-refractivity contribution >= 4 is 29.9 Å². The molecule has 0 bridgehead atoms. The molecule has 1 aromatic carbocycles. The Morgan fingerprint density at radius 1 is 1.03 bits per heavy atom. The summed E-state index contributed by atoms with van der Waals surface area (Å²) >= 11 is 0. The highest BCUT2D eigenvalue weighted by molar-refractivity contribution is 14.0. The molecule has 0 saturated heterocycles. The molecule has 8 nitrogen and oxygen atoms in total. The zero-order valence-electron chi connectivity index (χ0n) is 17.3. The van der Waals surface area contributed by atoms with Gasteiger partial charge in [-0.25, -0.2) is 4.98 Å². The molecule has 0 fully saturated rings. The molecule has 2 aromatic heterocycles. The van der Waals surface area contributed by atoms with Crippen LogP contribution in [0, 0.1) is 0 Å². The van der Waals surface area contributed by atoms with Gasteiger partial charge in [0.25, 0.3) is 0 Å². The Morgan fingerprint density at radius 3 is 2.43 bits per heavy atom. The lowest BCUT2D eigenvalue weighted by Gasteiger charge is -2.12. The minimum absolute atomic E-state index is 0. The number of nitrogens with one attached hydrogen (secondary N) is 2. The third-order valence-electron chi connectivity index (χ3n) is 4.20. The zero-order chi connectivity index (χ0) is 20.5. The molecule has 0 spiro atoms. The van der Waals surface area contributed by atoms with Gasteiger partial charge in [-0.2, -0.15) is 5.10 Å². The number of hydrogen-bond donors (Lipinski definition) is 2. The van der Waals surface area contributed by atoms with Crippen molar-refractivity contribution in [2.45, 2.75) is 20.0 Å². The van der Waals surface area contributed by atoms with Gasteiger partial charge in [0, 0.05) is 39.1 Å². The standard InChI is InChI=1S/C21H26N6O2.HI/c1-4-28-18-5-7-19(8-6-18)29-20-13-16(9-11-23-20)14-24-21(22-2)25-15-17-10-12-26-27(17)3;/h5-13H,4,14-15H2,1-3H3,(H2,22,24,25);1H. The summed E-state index contributed by atoms with van der Waals surface area (Å²) in [6.07, 6.45) is 3.50. The van der Waals surface area contributed by atoms with Crippen LogP contribution in [0.25, 0.3) is 0 Å². The first-order valence-corrected chi connectivity index (χ1v) is 9.45. The largest absolute Gasteiger partial charge is 0.494 e. The molecule has 0 saturated carbocycles. The van der Waals surface area contributed by atoms with Gasteiger partial charge in [-0.05, 0) is 48.9 Å².